The van der Waals surface area contributed by atoms with Crippen LogP contribution in [0, 0.1) is 5.82 Å². The smallest absolute Gasteiger partial charge is 0.265 e. The van der Waals surface area contributed by atoms with Crippen molar-refractivity contribution < 1.29 is 17.6 Å². The quantitative estimate of drug-likeness (QED) is 0.333. The summed E-state index contributed by atoms with van der Waals surface area (Å²) in [5.74, 6) is -0.877. The number of amides is 1. The number of hydrogen-bond acceptors (Lipinski definition) is 4. The summed E-state index contributed by atoms with van der Waals surface area (Å²) >= 11 is 6.17. The Labute approximate surface area is 219 Å². The summed E-state index contributed by atoms with van der Waals surface area (Å²) in [6.45, 7) is 0.180. The van der Waals surface area contributed by atoms with E-state index in [9.17, 15) is 17.6 Å². The van der Waals surface area contributed by atoms with Crippen LogP contribution in [0.1, 0.15) is 11.1 Å². The molecule has 5 rings (SSSR count). The van der Waals surface area contributed by atoms with Gasteiger partial charge in [-0.2, -0.15) is 0 Å². The van der Waals surface area contributed by atoms with Gasteiger partial charge in [0.2, 0.25) is 5.91 Å². The number of rotatable bonds is 6. The highest BCUT2D eigenvalue weighted by Crippen LogP contribution is 2.37. The molecule has 37 heavy (non-hydrogen) atoms. The first-order chi connectivity index (χ1) is 17.8. The fraction of sp³-hybridized carbons (Fsp3) is 0.107. The van der Waals surface area contributed by atoms with Gasteiger partial charge in [0.1, 0.15) is 11.9 Å². The van der Waals surface area contributed by atoms with Crippen LogP contribution in [0.2, 0.25) is 5.02 Å². The minimum absolute atomic E-state index is 0.0243. The summed E-state index contributed by atoms with van der Waals surface area (Å²) in [6, 6.07) is 23.5. The van der Waals surface area contributed by atoms with Crippen molar-refractivity contribution in [1.29, 1.82) is 0 Å². The number of anilines is 2. The van der Waals surface area contributed by atoms with E-state index in [2.05, 4.69) is 5.32 Å². The number of carbonyl (C=O) groups is 1. The van der Waals surface area contributed by atoms with Crippen LogP contribution in [-0.4, -0.2) is 20.4 Å². The van der Waals surface area contributed by atoms with Crippen LogP contribution in [-0.2, 0) is 27.8 Å². The maximum atomic E-state index is 13.9. The number of nitrogens with two attached hydrogens (primary N) is 1. The molecule has 4 aromatic carbocycles. The molecule has 0 saturated heterocycles. The molecule has 9 heteroatoms. The highest BCUT2D eigenvalue weighted by Gasteiger charge is 2.42. The van der Waals surface area contributed by atoms with Gasteiger partial charge in [-0.25, -0.2) is 12.8 Å². The Balaban J connectivity index is 1.45. The molecule has 0 radical (unpaired) electrons. The number of hydrogen-bond donors (Lipinski definition) is 2. The van der Waals surface area contributed by atoms with Crippen molar-refractivity contribution >= 4 is 38.9 Å². The monoisotopic (exact) mass is 535 g/mol. The van der Waals surface area contributed by atoms with E-state index in [1.807, 2.05) is 24.3 Å². The van der Waals surface area contributed by atoms with E-state index in [1.165, 1.54) is 34.6 Å². The van der Waals surface area contributed by atoms with E-state index in [-0.39, 0.29) is 22.9 Å². The number of nitrogen functional groups attached to an aromatic ring is 1. The zero-order chi connectivity index (χ0) is 26.2. The molecule has 1 aliphatic rings. The van der Waals surface area contributed by atoms with Gasteiger partial charge in [0.05, 0.1) is 15.6 Å². The first-order valence-corrected chi connectivity index (χ1v) is 13.4. The van der Waals surface area contributed by atoms with Gasteiger partial charge in [0.15, 0.2) is 0 Å². The largest absolute Gasteiger partial charge is 0.398 e. The zero-order valence-corrected chi connectivity index (χ0v) is 21.1. The topological polar surface area (TPSA) is 92.5 Å². The van der Waals surface area contributed by atoms with Crippen molar-refractivity contribution in [3.8, 4) is 11.1 Å². The van der Waals surface area contributed by atoms with E-state index >= 15 is 0 Å². The van der Waals surface area contributed by atoms with Gasteiger partial charge in [0.25, 0.3) is 10.0 Å². The van der Waals surface area contributed by atoms with Crippen molar-refractivity contribution in [2.75, 3.05) is 10.0 Å². The molecule has 0 unspecified atom stereocenters. The predicted molar refractivity (Wildman–Crippen MR) is 143 cm³/mol. The minimum Gasteiger partial charge on any atom is -0.398 e. The van der Waals surface area contributed by atoms with E-state index in [1.54, 1.807) is 36.4 Å². The van der Waals surface area contributed by atoms with Crippen molar-refractivity contribution in [2.24, 2.45) is 0 Å². The summed E-state index contributed by atoms with van der Waals surface area (Å²) in [5.41, 5.74) is 9.73. The van der Waals surface area contributed by atoms with Crippen molar-refractivity contribution in [2.45, 2.75) is 23.9 Å². The maximum Gasteiger partial charge on any atom is 0.265 e. The molecule has 188 valence electrons. The highest BCUT2D eigenvalue weighted by molar-refractivity contribution is 7.93. The Bertz CT molecular complexity index is 1590. The Morgan fingerprint density at radius 1 is 1.00 bits per heavy atom. The van der Waals surface area contributed by atoms with Gasteiger partial charge in [-0.15, -0.1) is 0 Å². The maximum absolute atomic E-state index is 13.9. The molecule has 6 nitrogen and oxygen atoms in total. The van der Waals surface area contributed by atoms with Crippen molar-refractivity contribution in [1.82, 2.24) is 5.32 Å². The number of nitrogens with zero attached hydrogens (tertiary/aromatic N) is 1. The molecule has 1 heterocycles. The average molecular weight is 536 g/mol. The molecule has 1 amide bonds. The fourth-order valence-electron chi connectivity index (χ4n) is 4.49. The molecule has 0 aliphatic carbocycles. The second-order valence-electron chi connectivity index (χ2n) is 8.71. The fourth-order valence-corrected chi connectivity index (χ4v) is 6.42. The van der Waals surface area contributed by atoms with Crippen LogP contribution in [0.4, 0.5) is 15.8 Å². The van der Waals surface area contributed by atoms with E-state index < -0.39 is 27.8 Å². The molecule has 0 spiro atoms. The van der Waals surface area contributed by atoms with Crippen molar-refractivity contribution in [3.63, 3.8) is 0 Å². The summed E-state index contributed by atoms with van der Waals surface area (Å²) in [6.07, 6.45) is 0.245. The Hall–Kier alpha value is -3.88. The summed E-state index contributed by atoms with van der Waals surface area (Å²) in [4.78, 5) is 13.3. The van der Waals surface area contributed by atoms with Gasteiger partial charge < -0.3 is 11.1 Å². The second-order valence-corrected chi connectivity index (χ2v) is 10.9. The van der Waals surface area contributed by atoms with Gasteiger partial charge in [-0.05, 0) is 59.2 Å². The number of nitrogens with one attached hydrogen (secondary N) is 1. The molecule has 1 aliphatic heterocycles. The second kappa shape index (κ2) is 9.88. The minimum atomic E-state index is -4.10. The van der Waals surface area contributed by atoms with Gasteiger partial charge >= 0.3 is 0 Å². The van der Waals surface area contributed by atoms with Crippen molar-refractivity contribution in [3.05, 3.63) is 113 Å². The van der Waals surface area contributed by atoms with Gasteiger partial charge in [-0.1, -0.05) is 60.1 Å². The van der Waals surface area contributed by atoms with Crippen LogP contribution in [0.3, 0.4) is 0 Å². The Kier molecular flexibility index (Phi) is 6.62. The average Bonchev–Trinajstić information content (AvgIpc) is 3.29. The van der Waals surface area contributed by atoms with E-state index in [4.69, 9.17) is 17.3 Å². The highest BCUT2D eigenvalue weighted by atomic mass is 35.5. The molecule has 3 N–H and O–H groups in total. The summed E-state index contributed by atoms with van der Waals surface area (Å²) < 4.78 is 42.3. The number of para-hydroxylation sites is 2. The third-order valence-electron chi connectivity index (χ3n) is 6.39. The molecule has 4 aromatic rings. The number of benzene rings is 4. The van der Waals surface area contributed by atoms with Crippen LogP contribution in [0.15, 0.2) is 95.9 Å². The molecule has 1 atom stereocenters. The predicted octanol–water partition coefficient (Wildman–Crippen LogP) is 5.16. The lowest BCUT2D eigenvalue weighted by molar-refractivity contribution is -0.122. The van der Waals surface area contributed by atoms with Crippen LogP contribution in [0.25, 0.3) is 11.1 Å². The Morgan fingerprint density at radius 3 is 2.43 bits per heavy atom. The lowest BCUT2D eigenvalue weighted by atomic mass is 10.1. The molecule has 0 bridgehead atoms. The lowest BCUT2D eigenvalue weighted by Crippen LogP contribution is -2.47. The zero-order valence-electron chi connectivity index (χ0n) is 19.6. The SMILES string of the molecule is Nc1ccccc1CNC(=O)[C@@H]1Cc2ccccc2N1S(=O)(=O)c1ccc(-c2ccc(F)cc2Cl)cc1. The molecular weight excluding hydrogens is 513 g/mol. The molecular formula is C28H23ClFN3O3S. The van der Waals surface area contributed by atoms with E-state index in [0.717, 1.165) is 11.1 Å². The first kappa shape index (κ1) is 24.8. The molecule has 0 saturated carbocycles. The normalized spacial score (nSPS) is 14.9. The van der Waals surface area contributed by atoms with Crippen LogP contribution >= 0.6 is 11.6 Å². The molecule has 0 aromatic heterocycles. The third kappa shape index (κ3) is 4.77. The summed E-state index contributed by atoms with van der Waals surface area (Å²) in [5, 5.41) is 3.06. The molecule has 0 fully saturated rings. The standard InChI is InChI=1S/C28H23ClFN3O3S/c29-24-16-21(30)11-14-23(24)18-9-12-22(13-10-18)37(35,36)33-26-8-4-2-5-19(26)15-27(33)28(34)32-17-20-6-1-3-7-25(20)31/h1-14,16,27H,15,17,31H2,(H,32,34)/t27-/m0/s1. The van der Waals surface area contributed by atoms with Crippen LogP contribution in [0.5, 0.6) is 0 Å². The number of fused-ring (bicyclic) bond motifs is 1. The third-order valence-corrected chi connectivity index (χ3v) is 8.54. The van der Waals surface area contributed by atoms with Gasteiger partial charge in [0, 0.05) is 24.2 Å². The number of halogens is 2. The first-order valence-electron chi connectivity index (χ1n) is 11.5. The summed E-state index contributed by atoms with van der Waals surface area (Å²) in [7, 11) is -4.10. The van der Waals surface area contributed by atoms with Gasteiger partial charge in [-0.3, -0.25) is 9.10 Å². The van der Waals surface area contributed by atoms with Crippen LogP contribution < -0.4 is 15.4 Å². The number of carbonyl (C=O) groups excluding carboxylic acids is 1. The number of sulfonamides is 1. The lowest BCUT2D eigenvalue weighted by Gasteiger charge is -2.26. The Morgan fingerprint density at radius 2 is 1.70 bits per heavy atom. The van der Waals surface area contributed by atoms with E-state index in [0.29, 0.717) is 22.5 Å².